The molecule has 1 heterocycles. The van der Waals surface area contributed by atoms with Gasteiger partial charge in [0.2, 0.25) is 0 Å². The molecule has 0 bridgehead atoms. The summed E-state index contributed by atoms with van der Waals surface area (Å²) in [5, 5.41) is 0.567. The Hall–Kier alpha value is -2.60. The lowest BCUT2D eigenvalue weighted by atomic mass is 10.2. The number of nitrogens with one attached hydrogen (secondary N) is 1. The van der Waals surface area contributed by atoms with Crippen LogP contribution < -0.4 is 15.0 Å². The number of rotatable bonds is 3. The number of methoxy groups -OCH3 is 2. The van der Waals surface area contributed by atoms with Gasteiger partial charge in [0.05, 0.1) is 30.8 Å². The van der Waals surface area contributed by atoms with Crippen LogP contribution in [0.1, 0.15) is 0 Å². The number of fused-ring (bicyclic) bond motifs is 1. The summed E-state index contributed by atoms with van der Waals surface area (Å²) in [7, 11) is 3.12. The highest BCUT2D eigenvalue weighted by atomic mass is 32.1. The number of hydrogen-bond acceptors (Lipinski definition) is 4. The molecule has 22 heavy (non-hydrogen) atoms. The third kappa shape index (κ3) is 2.37. The van der Waals surface area contributed by atoms with Crippen molar-refractivity contribution in [1.29, 1.82) is 0 Å². The van der Waals surface area contributed by atoms with Gasteiger partial charge in [-0.1, -0.05) is 12.1 Å². The van der Waals surface area contributed by atoms with Gasteiger partial charge >= 0.3 is 0 Å². The maximum atomic E-state index is 12.7. The van der Waals surface area contributed by atoms with E-state index in [1.165, 1.54) is 4.57 Å². The Morgan fingerprint density at radius 1 is 1.05 bits per heavy atom. The Morgan fingerprint density at radius 2 is 1.68 bits per heavy atom. The van der Waals surface area contributed by atoms with Crippen LogP contribution in [0.4, 0.5) is 0 Å². The quantitative estimate of drug-likeness (QED) is 0.755. The summed E-state index contributed by atoms with van der Waals surface area (Å²) in [6, 6.07) is 12.5. The first-order valence-electron chi connectivity index (χ1n) is 6.61. The molecule has 0 saturated carbocycles. The lowest BCUT2D eigenvalue weighted by Crippen LogP contribution is -2.20. The van der Waals surface area contributed by atoms with Gasteiger partial charge in [-0.05, 0) is 24.4 Å². The fourth-order valence-corrected chi connectivity index (χ4v) is 2.62. The number of hydrogen-bond donors (Lipinski definition) is 1. The topological polar surface area (TPSA) is 56.2 Å². The molecule has 0 fully saturated rings. The minimum Gasteiger partial charge on any atom is -0.497 e. The molecule has 1 N–H and O–H groups in total. The van der Waals surface area contributed by atoms with Gasteiger partial charge in [-0.15, -0.1) is 0 Å². The van der Waals surface area contributed by atoms with E-state index in [4.69, 9.17) is 21.7 Å². The zero-order valence-corrected chi connectivity index (χ0v) is 12.9. The monoisotopic (exact) mass is 314 g/mol. The van der Waals surface area contributed by atoms with Crippen molar-refractivity contribution in [3.63, 3.8) is 0 Å². The molecule has 6 heteroatoms. The van der Waals surface area contributed by atoms with Gasteiger partial charge in [0.25, 0.3) is 5.56 Å². The minimum atomic E-state index is -0.186. The smallest absolute Gasteiger partial charge is 0.266 e. The summed E-state index contributed by atoms with van der Waals surface area (Å²) in [5.41, 5.74) is 1.12. The zero-order valence-electron chi connectivity index (χ0n) is 12.1. The Balaban J connectivity index is 2.35. The number of nitrogens with zero attached hydrogens (tertiary/aromatic N) is 1. The number of H-pyrrole nitrogens is 1. The van der Waals surface area contributed by atoms with Gasteiger partial charge < -0.3 is 14.5 Å². The molecule has 0 saturated heterocycles. The molecule has 0 atom stereocenters. The van der Waals surface area contributed by atoms with Gasteiger partial charge in [-0.2, -0.15) is 0 Å². The molecule has 0 radical (unpaired) electrons. The summed E-state index contributed by atoms with van der Waals surface area (Å²) >= 11 is 5.33. The van der Waals surface area contributed by atoms with Gasteiger partial charge in [0.15, 0.2) is 4.77 Å². The molecule has 0 amide bonds. The summed E-state index contributed by atoms with van der Waals surface area (Å²) in [6.45, 7) is 0. The molecular weight excluding hydrogens is 300 g/mol. The molecule has 1 aromatic heterocycles. The molecule has 0 aliphatic heterocycles. The first kappa shape index (κ1) is 14.3. The summed E-state index contributed by atoms with van der Waals surface area (Å²) in [5.74, 6) is 1.17. The molecule has 3 aromatic rings. The Labute approximate surface area is 131 Å². The lowest BCUT2D eigenvalue weighted by molar-refractivity contribution is 0.394. The highest BCUT2D eigenvalue weighted by Crippen LogP contribution is 2.24. The summed E-state index contributed by atoms with van der Waals surface area (Å²) in [6.07, 6.45) is 0. The van der Waals surface area contributed by atoms with Crippen LogP contribution in [0.15, 0.2) is 47.3 Å². The van der Waals surface area contributed by atoms with E-state index in [9.17, 15) is 4.79 Å². The fourth-order valence-electron chi connectivity index (χ4n) is 2.32. The number of aromatic amines is 1. The van der Waals surface area contributed by atoms with Crippen molar-refractivity contribution in [1.82, 2.24) is 9.55 Å². The lowest BCUT2D eigenvalue weighted by Gasteiger charge is -2.11. The van der Waals surface area contributed by atoms with Crippen LogP contribution in [0.3, 0.4) is 0 Å². The van der Waals surface area contributed by atoms with E-state index in [0.717, 1.165) is 0 Å². The normalized spacial score (nSPS) is 10.6. The average molecular weight is 314 g/mol. The van der Waals surface area contributed by atoms with E-state index in [-0.39, 0.29) is 5.56 Å². The molecule has 2 aromatic carbocycles. The number of para-hydroxylation sites is 1. The van der Waals surface area contributed by atoms with E-state index in [2.05, 4.69) is 4.98 Å². The van der Waals surface area contributed by atoms with Gasteiger partial charge in [0.1, 0.15) is 11.5 Å². The second kappa shape index (κ2) is 5.65. The average Bonchev–Trinajstić information content (AvgIpc) is 2.54. The summed E-state index contributed by atoms with van der Waals surface area (Å²) in [4.78, 5) is 15.8. The SMILES string of the molecule is COc1cc(OC)cc(-n2c(=S)[nH]c3ccccc3c2=O)c1. The third-order valence-electron chi connectivity index (χ3n) is 3.40. The first-order chi connectivity index (χ1) is 10.6. The van der Waals surface area contributed by atoms with Crippen LogP contribution in [0.25, 0.3) is 16.6 Å². The minimum absolute atomic E-state index is 0.186. The molecule has 0 unspecified atom stereocenters. The second-order valence-electron chi connectivity index (χ2n) is 4.69. The van der Waals surface area contributed by atoms with Crippen molar-refractivity contribution in [3.05, 3.63) is 57.6 Å². The standard InChI is InChI=1S/C16H14N2O3S/c1-20-11-7-10(8-12(9-11)21-2)18-15(19)13-5-3-4-6-14(13)17-16(18)22/h3-9H,1-2H3,(H,17,22). The Morgan fingerprint density at radius 3 is 2.32 bits per heavy atom. The van der Waals surface area contributed by atoms with Gasteiger partial charge in [-0.25, -0.2) is 0 Å². The first-order valence-corrected chi connectivity index (χ1v) is 7.02. The highest BCUT2D eigenvalue weighted by molar-refractivity contribution is 7.71. The maximum Gasteiger partial charge on any atom is 0.266 e. The van der Waals surface area contributed by atoms with E-state index in [1.54, 1.807) is 38.5 Å². The van der Waals surface area contributed by atoms with Crippen molar-refractivity contribution in [3.8, 4) is 17.2 Å². The molecular formula is C16H14N2O3S. The van der Waals surface area contributed by atoms with Gasteiger partial charge in [0, 0.05) is 18.2 Å². The molecule has 0 aliphatic carbocycles. The van der Waals surface area contributed by atoms with Crippen LogP contribution >= 0.6 is 12.2 Å². The largest absolute Gasteiger partial charge is 0.497 e. The molecule has 0 spiro atoms. The molecule has 112 valence electrons. The third-order valence-corrected chi connectivity index (χ3v) is 3.68. The van der Waals surface area contributed by atoms with Crippen molar-refractivity contribution >= 4 is 23.1 Å². The Kier molecular flexibility index (Phi) is 3.68. The van der Waals surface area contributed by atoms with Crippen molar-refractivity contribution in [2.75, 3.05) is 14.2 Å². The van der Waals surface area contributed by atoms with Crippen LogP contribution in [-0.2, 0) is 0 Å². The molecule has 5 nitrogen and oxygen atoms in total. The molecule has 3 rings (SSSR count). The molecule has 0 aliphatic rings. The maximum absolute atomic E-state index is 12.7. The predicted octanol–water partition coefficient (Wildman–Crippen LogP) is 3.07. The zero-order chi connectivity index (χ0) is 15.7. The predicted molar refractivity (Wildman–Crippen MR) is 87.8 cm³/mol. The number of benzene rings is 2. The van der Waals surface area contributed by atoms with E-state index >= 15 is 0 Å². The summed E-state index contributed by atoms with van der Waals surface area (Å²) < 4.78 is 12.2. The highest BCUT2D eigenvalue weighted by Gasteiger charge is 2.10. The number of aromatic nitrogens is 2. The van der Waals surface area contributed by atoms with Crippen molar-refractivity contribution in [2.45, 2.75) is 0 Å². The van der Waals surface area contributed by atoms with Gasteiger partial charge in [-0.3, -0.25) is 9.36 Å². The number of ether oxygens (including phenoxy) is 2. The Bertz CT molecular complexity index is 937. The van der Waals surface area contributed by atoms with Crippen LogP contribution in [0.5, 0.6) is 11.5 Å². The van der Waals surface area contributed by atoms with Crippen LogP contribution in [0.2, 0.25) is 0 Å². The van der Waals surface area contributed by atoms with E-state index < -0.39 is 0 Å². The van der Waals surface area contributed by atoms with Crippen molar-refractivity contribution in [2.24, 2.45) is 0 Å². The van der Waals surface area contributed by atoms with E-state index in [1.807, 2.05) is 18.2 Å². The fraction of sp³-hybridized carbons (Fsp3) is 0.125. The van der Waals surface area contributed by atoms with Crippen molar-refractivity contribution < 1.29 is 9.47 Å². The van der Waals surface area contributed by atoms with E-state index in [0.29, 0.717) is 32.9 Å². The second-order valence-corrected chi connectivity index (χ2v) is 5.07. The van der Waals surface area contributed by atoms with Crippen LogP contribution in [0, 0.1) is 4.77 Å². The van der Waals surface area contributed by atoms with Crippen LogP contribution in [-0.4, -0.2) is 23.8 Å².